The molecule has 100 valence electrons. The van der Waals surface area contributed by atoms with Gasteiger partial charge in [-0.2, -0.15) is 0 Å². The van der Waals surface area contributed by atoms with Crippen LogP contribution in [-0.4, -0.2) is 57.5 Å². The van der Waals surface area contributed by atoms with Gasteiger partial charge in [-0.05, 0) is 32.2 Å². The van der Waals surface area contributed by atoms with Crippen LogP contribution in [0.3, 0.4) is 0 Å². The Balaban J connectivity index is 1.66. The molecule has 2 N–H and O–H groups in total. The summed E-state index contributed by atoms with van der Waals surface area (Å²) in [5.41, 5.74) is 6.24. The zero-order valence-electron chi connectivity index (χ0n) is 10.9. The van der Waals surface area contributed by atoms with Crippen molar-refractivity contribution in [3.8, 4) is 0 Å². The molecule has 0 aromatic heterocycles. The maximum Gasteiger partial charge on any atom is 0.0510 e. The van der Waals surface area contributed by atoms with Crippen LogP contribution in [-0.2, 0) is 9.47 Å². The molecular weight excluding hydrogens is 216 g/mol. The first-order valence-electron chi connectivity index (χ1n) is 6.85. The number of hydrogen-bond acceptors (Lipinski definition) is 4. The standard InChI is InChI=1S/C13H26N2O2/c1-15(8-11-2-5-16-6-3-11)9-13(14)12-4-7-17-10-12/h11-13H,2-10,14H2,1H3. The minimum absolute atomic E-state index is 0.266. The van der Waals surface area contributed by atoms with E-state index in [0.717, 1.165) is 51.9 Å². The maximum absolute atomic E-state index is 6.24. The van der Waals surface area contributed by atoms with Crippen molar-refractivity contribution in [2.75, 3.05) is 46.6 Å². The lowest BCUT2D eigenvalue weighted by molar-refractivity contribution is 0.0543. The van der Waals surface area contributed by atoms with Crippen molar-refractivity contribution in [3.05, 3.63) is 0 Å². The van der Waals surface area contributed by atoms with Crippen molar-refractivity contribution >= 4 is 0 Å². The van der Waals surface area contributed by atoms with Gasteiger partial charge in [-0.1, -0.05) is 0 Å². The first-order valence-corrected chi connectivity index (χ1v) is 6.85. The SMILES string of the molecule is CN(CC1CCOCC1)CC(N)C1CCOC1. The van der Waals surface area contributed by atoms with E-state index < -0.39 is 0 Å². The fourth-order valence-corrected chi connectivity index (χ4v) is 2.84. The Morgan fingerprint density at radius 3 is 2.53 bits per heavy atom. The van der Waals surface area contributed by atoms with E-state index in [4.69, 9.17) is 15.2 Å². The van der Waals surface area contributed by atoms with E-state index in [9.17, 15) is 0 Å². The molecule has 0 spiro atoms. The Kier molecular flexibility index (Phi) is 5.22. The van der Waals surface area contributed by atoms with Gasteiger partial charge in [0.05, 0.1) is 6.61 Å². The molecule has 2 saturated heterocycles. The van der Waals surface area contributed by atoms with Crippen LogP contribution in [0.5, 0.6) is 0 Å². The van der Waals surface area contributed by atoms with E-state index in [1.807, 2.05) is 0 Å². The topological polar surface area (TPSA) is 47.7 Å². The number of nitrogens with zero attached hydrogens (tertiary/aromatic N) is 1. The van der Waals surface area contributed by atoms with Gasteiger partial charge < -0.3 is 20.1 Å². The van der Waals surface area contributed by atoms with Crippen LogP contribution in [0.1, 0.15) is 19.3 Å². The quantitative estimate of drug-likeness (QED) is 0.771. The lowest BCUT2D eigenvalue weighted by Crippen LogP contribution is -2.43. The van der Waals surface area contributed by atoms with E-state index in [1.54, 1.807) is 0 Å². The molecule has 2 aliphatic heterocycles. The molecule has 17 heavy (non-hydrogen) atoms. The second-order valence-electron chi connectivity index (χ2n) is 5.56. The average Bonchev–Trinajstić information content (AvgIpc) is 2.83. The van der Waals surface area contributed by atoms with Gasteiger partial charge in [-0.15, -0.1) is 0 Å². The maximum atomic E-state index is 6.24. The molecule has 2 fully saturated rings. The second-order valence-corrected chi connectivity index (χ2v) is 5.56. The van der Waals surface area contributed by atoms with E-state index in [1.165, 1.54) is 12.8 Å². The van der Waals surface area contributed by atoms with E-state index in [-0.39, 0.29) is 6.04 Å². The Hall–Kier alpha value is -0.160. The van der Waals surface area contributed by atoms with Crippen molar-refractivity contribution < 1.29 is 9.47 Å². The van der Waals surface area contributed by atoms with Gasteiger partial charge in [-0.3, -0.25) is 0 Å². The van der Waals surface area contributed by atoms with Crippen molar-refractivity contribution in [2.45, 2.75) is 25.3 Å². The monoisotopic (exact) mass is 242 g/mol. The van der Waals surface area contributed by atoms with Gasteiger partial charge in [0, 0.05) is 44.9 Å². The fraction of sp³-hybridized carbons (Fsp3) is 1.00. The van der Waals surface area contributed by atoms with Gasteiger partial charge in [0.25, 0.3) is 0 Å². The minimum atomic E-state index is 0.266. The number of likely N-dealkylation sites (N-methyl/N-ethyl adjacent to an activating group) is 1. The zero-order chi connectivity index (χ0) is 12.1. The molecule has 4 heteroatoms. The largest absolute Gasteiger partial charge is 0.381 e. The Labute approximate surface area is 104 Å². The summed E-state index contributed by atoms with van der Waals surface area (Å²) in [6.07, 6.45) is 3.53. The highest BCUT2D eigenvalue weighted by molar-refractivity contribution is 4.79. The van der Waals surface area contributed by atoms with Gasteiger partial charge in [-0.25, -0.2) is 0 Å². The summed E-state index contributed by atoms with van der Waals surface area (Å²) in [5.74, 6) is 1.35. The highest BCUT2D eigenvalue weighted by Gasteiger charge is 2.24. The molecule has 0 aliphatic carbocycles. The summed E-state index contributed by atoms with van der Waals surface area (Å²) < 4.78 is 10.8. The molecule has 0 bridgehead atoms. The van der Waals surface area contributed by atoms with Crippen LogP contribution in [0.2, 0.25) is 0 Å². The van der Waals surface area contributed by atoms with Crippen molar-refractivity contribution in [3.63, 3.8) is 0 Å². The third-order valence-corrected chi connectivity index (χ3v) is 4.00. The van der Waals surface area contributed by atoms with Crippen molar-refractivity contribution in [2.24, 2.45) is 17.6 Å². The summed E-state index contributed by atoms with van der Waals surface area (Å²) in [6, 6.07) is 0.266. The smallest absolute Gasteiger partial charge is 0.0510 e. The molecule has 4 nitrogen and oxygen atoms in total. The normalized spacial score (nSPS) is 28.8. The average molecular weight is 242 g/mol. The van der Waals surface area contributed by atoms with Crippen LogP contribution in [0.4, 0.5) is 0 Å². The Morgan fingerprint density at radius 2 is 1.88 bits per heavy atom. The zero-order valence-corrected chi connectivity index (χ0v) is 10.9. The van der Waals surface area contributed by atoms with Gasteiger partial charge >= 0.3 is 0 Å². The Morgan fingerprint density at radius 1 is 1.18 bits per heavy atom. The summed E-state index contributed by atoms with van der Waals surface area (Å²) in [7, 11) is 2.19. The third kappa shape index (κ3) is 4.21. The molecule has 2 aliphatic rings. The molecule has 0 radical (unpaired) electrons. The molecule has 0 saturated carbocycles. The summed E-state index contributed by atoms with van der Waals surface area (Å²) >= 11 is 0. The fourth-order valence-electron chi connectivity index (χ4n) is 2.84. The van der Waals surface area contributed by atoms with Gasteiger partial charge in [0.2, 0.25) is 0 Å². The predicted molar refractivity (Wildman–Crippen MR) is 67.9 cm³/mol. The molecule has 0 amide bonds. The molecular formula is C13H26N2O2. The van der Waals surface area contributed by atoms with Crippen LogP contribution in [0.25, 0.3) is 0 Å². The molecule has 2 heterocycles. The highest BCUT2D eigenvalue weighted by Crippen LogP contribution is 2.18. The van der Waals surface area contributed by atoms with Crippen LogP contribution in [0, 0.1) is 11.8 Å². The van der Waals surface area contributed by atoms with E-state index >= 15 is 0 Å². The summed E-state index contributed by atoms with van der Waals surface area (Å²) in [4.78, 5) is 2.39. The van der Waals surface area contributed by atoms with Gasteiger partial charge in [0.1, 0.15) is 0 Å². The van der Waals surface area contributed by atoms with Gasteiger partial charge in [0.15, 0.2) is 0 Å². The number of ether oxygens (including phenoxy) is 2. The Bertz CT molecular complexity index is 213. The van der Waals surface area contributed by atoms with Crippen LogP contribution >= 0.6 is 0 Å². The lowest BCUT2D eigenvalue weighted by atomic mass is 9.97. The van der Waals surface area contributed by atoms with Crippen LogP contribution < -0.4 is 5.73 Å². The van der Waals surface area contributed by atoms with Crippen molar-refractivity contribution in [1.29, 1.82) is 0 Å². The summed E-state index contributed by atoms with van der Waals surface area (Å²) in [6.45, 7) is 5.76. The molecule has 2 unspecified atom stereocenters. The second kappa shape index (κ2) is 6.69. The number of nitrogens with two attached hydrogens (primary N) is 1. The molecule has 2 atom stereocenters. The molecule has 0 aromatic carbocycles. The number of rotatable bonds is 5. The molecule has 2 rings (SSSR count). The first kappa shape index (κ1) is 13.3. The predicted octanol–water partition coefficient (Wildman–Crippen LogP) is 0.709. The number of hydrogen-bond donors (Lipinski definition) is 1. The third-order valence-electron chi connectivity index (χ3n) is 4.00. The first-order chi connectivity index (χ1) is 8.25. The van der Waals surface area contributed by atoms with Crippen LogP contribution in [0.15, 0.2) is 0 Å². The molecule has 0 aromatic rings. The highest BCUT2D eigenvalue weighted by atomic mass is 16.5. The summed E-state index contributed by atoms with van der Waals surface area (Å²) in [5, 5.41) is 0. The van der Waals surface area contributed by atoms with E-state index in [0.29, 0.717) is 5.92 Å². The minimum Gasteiger partial charge on any atom is -0.381 e. The van der Waals surface area contributed by atoms with E-state index in [2.05, 4.69) is 11.9 Å². The lowest BCUT2D eigenvalue weighted by Gasteiger charge is -2.30. The van der Waals surface area contributed by atoms with Crippen molar-refractivity contribution in [1.82, 2.24) is 4.90 Å².